The first-order valence-electron chi connectivity index (χ1n) is 24.3. The highest BCUT2D eigenvalue weighted by Crippen LogP contribution is 2.28. The van der Waals surface area contributed by atoms with Crippen molar-refractivity contribution in [2.75, 3.05) is 0 Å². The van der Waals surface area contributed by atoms with Gasteiger partial charge in [-0.25, -0.2) is 28.0 Å². The number of fused-ring (bicyclic) bond motifs is 1. The van der Waals surface area contributed by atoms with Crippen molar-refractivity contribution in [2.24, 2.45) is 0 Å². The van der Waals surface area contributed by atoms with Crippen molar-refractivity contribution in [3.8, 4) is 23.0 Å². The molecule has 0 unspecified atom stereocenters. The molecule has 0 amide bonds. The van der Waals surface area contributed by atoms with Crippen LogP contribution < -0.4 is 18.9 Å². The first-order chi connectivity index (χ1) is 33.1. The van der Waals surface area contributed by atoms with Gasteiger partial charge in [0, 0.05) is 12.1 Å². The molecule has 0 aliphatic rings. The summed E-state index contributed by atoms with van der Waals surface area (Å²) in [6, 6.07) is 30.7. The zero-order valence-electron chi connectivity index (χ0n) is 39.3. The summed E-state index contributed by atoms with van der Waals surface area (Å²) in [4.78, 5) is 51.8. The quantitative estimate of drug-likeness (QED) is 0.0301. The fraction of sp³-hybridized carbons (Fsp3) is 0.345. The van der Waals surface area contributed by atoms with E-state index in [4.69, 9.17) is 18.9 Å². The number of unbranched alkanes of at least 4 members (excludes halogenated alkanes) is 14. The smallest absolute Gasteiger partial charge is 0.346 e. The van der Waals surface area contributed by atoms with E-state index in [0.29, 0.717) is 21.9 Å². The van der Waals surface area contributed by atoms with Gasteiger partial charge in [-0.05, 0) is 120 Å². The van der Waals surface area contributed by atoms with Crippen molar-refractivity contribution in [1.82, 2.24) is 0 Å². The zero-order chi connectivity index (χ0) is 48.1. The maximum Gasteiger partial charge on any atom is 0.346 e. The number of benzene rings is 6. The number of ether oxygens (including phenoxy) is 4. The predicted molar refractivity (Wildman–Crippen MR) is 262 cm³/mol. The summed E-state index contributed by atoms with van der Waals surface area (Å²) in [6.07, 6.45) is 21.7. The maximum atomic E-state index is 15.2. The molecular weight excluding hydrogens is 863 g/mol. The van der Waals surface area contributed by atoms with Crippen LogP contribution >= 0.6 is 0 Å². The van der Waals surface area contributed by atoms with Gasteiger partial charge in [0.25, 0.3) is 0 Å². The zero-order valence-corrected chi connectivity index (χ0v) is 39.3. The van der Waals surface area contributed by atoms with E-state index in [1.54, 1.807) is 36.4 Å². The molecule has 6 aromatic carbocycles. The lowest BCUT2D eigenvalue weighted by molar-refractivity contribution is 0.0715. The summed E-state index contributed by atoms with van der Waals surface area (Å²) in [5.41, 5.74) is 2.16. The van der Waals surface area contributed by atoms with Crippen LogP contribution in [-0.4, -0.2) is 23.9 Å². The van der Waals surface area contributed by atoms with Crippen molar-refractivity contribution in [3.05, 3.63) is 166 Å². The number of hydrogen-bond donors (Lipinski definition) is 0. The third-order valence-corrected chi connectivity index (χ3v) is 12.0. The molecule has 0 saturated carbocycles. The van der Waals surface area contributed by atoms with E-state index in [2.05, 4.69) is 13.8 Å². The van der Waals surface area contributed by atoms with Gasteiger partial charge in [-0.1, -0.05) is 140 Å². The van der Waals surface area contributed by atoms with Gasteiger partial charge in [-0.2, -0.15) is 0 Å². The topological polar surface area (TPSA) is 105 Å². The molecule has 0 N–H and O–H groups in total. The molecule has 68 heavy (non-hydrogen) atoms. The second-order valence-corrected chi connectivity index (χ2v) is 17.4. The first kappa shape index (κ1) is 50.7. The number of aryl methyl sites for hydroxylation is 2. The molecule has 10 heteroatoms. The molecule has 0 atom stereocenters. The van der Waals surface area contributed by atoms with Crippen LogP contribution in [0.5, 0.6) is 23.0 Å². The van der Waals surface area contributed by atoms with Crippen LogP contribution in [-0.2, 0) is 12.8 Å². The normalized spacial score (nSPS) is 11.1. The molecule has 0 aliphatic carbocycles. The Morgan fingerprint density at radius 2 is 0.676 bits per heavy atom. The molecular formula is C58H62F2O8. The van der Waals surface area contributed by atoms with Gasteiger partial charge in [-0.15, -0.1) is 0 Å². The molecule has 0 fully saturated rings. The van der Waals surface area contributed by atoms with Gasteiger partial charge in [0.1, 0.15) is 34.6 Å². The monoisotopic (exact) mass is 924 g/mol. The predicted octanol–water partition coefficient (Wildman–Crippen LogP) is 15.4. The van der Waals surface area contributed by atoms with E-state index in [9.17, 15) is 19.2 Å². The average Bonchev–Trinajstić information content (AvgIpc) is 3.33. The Kier molecular flexibility index (Phi) is 19.8. The van der Waals surface area contributed by atoms with Gasteiger partial charge in [0.2, 0.25) is 0 Å². The summed E-state index contributed by atoms with van der Waals surface area (Å²) < 4.78 is 52.2. The van der Waals surface area contributed by atoms with Gasteiger partial charge in [0.05, 0.1) is 22.3 Å². The van der Waals surface area contributed by atoms with Gasteiger partial charge < -0.3 is 18.9 Å². The van der Waals surface area contributed by atoms with Crippen LogP contribution in [0.15, 0.2) is 121 Å². The number of carbonyl (C=O) groups excluding carboxylic acids is 4. The average molecular weight is 925 g/mol. The number of hydrogen-bond acceptors (Lipinski definition) is 8. The molecule has 8 nitrogen and oxygen atoms in total. The molecule has 0 bridgehead atoms. The minimum absolute atomic E-state index is 0.0698. The van der Waals surface area contributed by atoms with Crippen molar-refractivity contribution in [1.29, 1.82) is 0 Å². The molecule has 0 saturated heterocycles. The van der Waals surface area contributed by atoms with Crippen molar-refractivity contribution >= 4 is 34.6 Å². The first-order valence-corrected chi connectivity index (χ1v) is 24.3. The molecule has 356 valence electrons. The fourth-order valence-electron chi connectivity index (χ4n) is 7.98. The summed E-state index contributed by atoms with van der Waals surface area (Å²) in [5, 5.41) is 1.21. The molecule has 0 aromatic heterocycles. The lowest BCUT2D eigenvalue weighted by atomic mass is 10.0. The summed E-state index contributed by atoms with van der Waals surface area (Å²) in [6.45, 7) is 4.44. The van der Waals surface area contributed by atoms with E-state index in [1.165, 1.54) is 138 Å². The number of esters is 4. The number of rotatable bonds is 26. The Bertz CT molecular complexity index is 2430. The Morgan fingerprint density at radius 1 is 0.353 bits per heavy atom. The van der Waals surface area contributed by atoms with Crippen LogP contribution in [0, 0.1) is 11.6 Å². The van der Waals surface area contributed by atoms with Gasteiger partial charge in [-0.3, -0.25) is 0 Å². The second-order valence-electron chi connectivity index (χ2n) is 17.4. The third-order valence-electron chi connectivity index (χ3n) is 12.0. The highest BCUT2D eigenvalue weighted by Gasteiger charge is 2.20. The Labute approximate surface area is 399 Å². The second kappa shape index (κ2) is 26.6. The molecule has 0 heterocycles. The van der Waals surface area contributed by atoms with Gasteiger partial charge >= 0.3 is 23.9 Å². The molecule has 0 spiro atoms. The summed E-state index contributed by atoms with van der Waals surface area (Å²) in [7, 11) is 0. The molecule has 0 radical (unpaired) electrons. The lowest BCUT2D eigenvalue weighted by Crippen LogP contribution is -2.12. The molecule has 0 aliphatic heterocycles. The highest BCUT2D eigenvalue weighted by molar-refractivity contribution is 5.95. The molecule has 6 rings (SSSR count). The SMILES string of the molecule is CCCCCCCCCCc1ccc(C(=O)Oc2ccc(C(=O)Oc3ccc4ccc(OC(=O)c5ccc(OC(=O)c6ccc(CCCCCCCCCC)cc6)cc5F)cc4c3)c(F)c2)cc1. The van der Waals surface area contributed by atoms with E-state index in [-0.39, 0.29) is 34.1 Å². The lowest BCUT2D eigenvalue weighted by Gasteiger charge is -2.10. The van der Waals surface area contributed by atoms with Crippen molar-refractivity contribution in [2.45, 2.75) is 129 Å². The molecule has 6 aromatic rings. The third kappa shape index (κ3) is 15.7. The van der Waals surface area contributed by atoms with Crippen molar-refractivity contribution in [3.63, 3.8) is 0 Å². The maximum absolute atomic E-state index is 15.2. The van der Waals surface area contributed by atoms with Crippen LogP contribution in [0.1, 0.15) is 169 Å². The Hall–Kier alpha value is -6.68. The Balaban J connectivity index is 0.964. The highest BCUT2D eigenvalue weighted by atomic mass is 19.1. The van der Waals surface area contributed by atoms with Crippen LogP contribution in [0.4, 0.5) is 8.78 Å². The van der Waals surface area contributed by atoms with E-state index < -0.39 is 35.5 Å². The Morgan fingerprint density at radius 3 is 1.04 bits per heavy atom. The van der Waals surface area contributed by atoms with Crippen LogP contribution in [0.2, 0.25) is 0 Å². The van der Waals surface area contributed by atoms with E-state index in [1.807, 2.05) is 24.3 Å². The van der Waals surface area contributed by atoms with Crippen molar-refractivity contribution < 1.29 is 46.9 Å². The number of halogens is 2. The van der Waals surface area contributed by atoms with E-state index >= 15 is 8.78 Å². The summed E-state index contributed by atoms with van der Waals surface area (Å²) in [5.74, 6) is -5.13. The van der Waals surface area contributed by atoms with Gasteiger partial charge in [0.15, 0.2) is 0 Å². The standard InChI is InChI=1S/C58H62F2O8/c1-3-5-7-9-11-13-15-17-19-41-21-25-44(26-22-41)55(61)65-49-33-35-51(53(59)39-49)57(63)67-47-31-29-43-30-32-48(38-46(43)37-47)68-58(64)52-36-34-50(40-54(52)60)66-56(62)45-27-23-42(24-28-45)20-18-16-14-12-10-8-6-4-2/h21-40H,3-20H2,1-2H3. The minimum atomic E-state index is -0.985. The largest absolute Gasteiger partial charge is 0.423 e. The van der Waals surface area contributed by atoms with E-state index in [0.717, 1.165) is 48.9 Å². The fourth-order valence-corrected chi connectivity index (χ4v) is 7.98. The summed E-state index contributed by atoms with van der Waals surface area (Å²) >= 11 is 0. The number of carbonyl (C=O) groups is 4. The van der Waals surface area contributed by atoms with Crippen LogP contribution in [0.3, 0.4) is 0 Å². The van der Waals surface area contributed by atoms with Crippen LogP contribution in [0.25, 0.3) is 10.8 Å². The minimum Gasteiger partial charge on any atom is -0.423 e.